The average Bonchev–Trinajstić information content (AvgIpc) is 3.59. The van der Waals surface area contributed by atoms with Gasteiger partial charge in [-0.1, -0.05) is 17.4 Å². The van der Waals surface area contributed by atoms with E-state index in [1.54, 1.807) is 4.68 Å². The van der Waals surface area contributed by atoms with Crippen molar-refractivity contribution in [3.8, 4) is 10.6 Å². The van der Waals surface area contributed by atoms with Crippen LogP contribution in [0, 0.1) is 17.6 Å². The number of benzene rings is 1. The van der Waals surface area contributed by atoms with Crippen LogP contribution in [0.5, 0.6) is 0 Å². The van der Waals surface area contributed by atoms with Crippen molar-refractivity contribution in [3.05, 3.63) is 41.7 Å². The summed E-state index contributed by atoms with van der Waals surface area (Å²) in [4.78, 5) is 42.1. The van der Waals surface area contributed by atoms with Crippen LogP contribution >= 0.6 is 11.3 Å². The minimum Gasteiger partial charge on any atom is -0.530 e. The molecule has 17 heteroatoms. The molecule has 2 fully saturated rings. The van der Waals surface area contributed by atoms with E-state index in [-0.39, 0.29) is 28.7 Å². The van der Waals surface area contributed by atoms with Gasteiger partial charge in [-0.2, -0.15) is 18.3 Å². The second-order valence-electron chi connectivity index (χ2n) is 10.3. The summed E-state index contributed by atoms with van der Waals surface area (Å²) in [5.74, 6) is -3.99. The molecule has 2 aliphatic rings. The van der Waals surface area contributed by atoms with E-state index in [0.717, 1.165) is 31.0 Å². The maximum atomic E-state index is 14.4. The molecule has 0 spiro atoms. The first kappa shape index (κ1) is 30.2. The van der Waals surface area contributed by atoms with Crippen LogP contribution in [0.3, 0.4) is 0 Å². The van der Waals surface area contributed by atoms with Gasteiger partial charge in [0.05, 0.1) is 11.8 Å². The molecule has 43 heavy (non-hydrogen) atoms. The van der Waals surface area contributed by atoms with Gasteiger partial charge in [-0.05, 0) is 50.2 Å². The summed E-state index contributed by atoms with van der Waals surface area (Å²) in [7, 11) is 0. The number of hydrogen-bond donors (Lipinski definition) is 3. The van der Waals surface area contributed by atoms with Crippen molar-refractivity contribution in [2.45, 2.75) is 50.9 Å². The van der Waals surface area contributed by atoms with Crippen molar-refractivity contribution < 1.29 is 41.4 Å². The van der Waals surface area contributed by atoms with Gasteiger partial charge in [0, 0.05) is 25.7 Å². The molecule has 3 aromatic rings. The SMILES string of the molecule is O=C([O-])Nc1sc(-c2c(F)cccc2F)nc1C(=O)Nc1cnn(CC2CC2)c1N1CCCC(NC(=O)C(F)(F)F)CC1. The monoisotopic (exact) mass is 626 g/mol. The van der Waals surface area contributed by atoms with E-state index < -0.39 is 53.0 Å². The van der Waals surface area contributed by atoms with Crippen molar-refractivity contribution in [3.63, 3.8) is 0 Å². The van der Waals surface area contributed by atoms with Crippen molar-refractivity contribution in [1.82, 2.24) is 20.1 Å². The first-order valence-electron chi connectivity index (χ1n) is 13.3. The normalized spacial score (nSPS) is 17.3. The summed E-state index contributed by atoms with van der Waals surface area (Å²) < 4.78 is 68.9. The van der Waals surface area contributed by atoms with Crippen LogP contribution < -0.4 is 26.0 Å². The number of halogens is 5. The van der Waals surface area contributed by atoms with Crippen molar-refractivity contribution >= 4 is 45.8 Å². The van der Waals surface area contributed by atoms with Gasteiger partial charge < -0.3 is 30.8 Å². The number of aromatic nitrogens is 3. The van der Waals surface area contributed by atoms with E-state index >= 15 is 0 Å². The van der Waals surface area contributed by atoms with Crippen LogP contribution in [-0.4, -0.2) is 58.0 Å². The number of anilines is 3. The van der Waals surface area contributed by atoms with E-state index in [1.165, 1.54) is 6.20 Å². The quantitative estimate of drug-likeness (QED) is 0.323. The third-order valence-electron chi connectivity index (χ3n) is 7.04. The van der Waals surface area contributed by atoms with Gasteiger partial charge in [0.2, 0.25) is 0 Å². The Kier molecular flexibility index (Phi) is 8.52. The molecule has 1 aliphatic heterocycles. The number of amides is 3. The molecular formula is C26H25F5N7O4S-. The van der Waals surface area contributed by atoms with Crippen LogP contribution in [-0.2, 0) is 11.3 Å². The molecular weight excluding hydrogens is 601 g/mol. The lowest BCUT2D eigenvalue weighted by atomic mass is 10.1. The minimum absolute atomic E-state index is 0.202. The summed E-state index contributed by atoms with van der Waals surface area (Å²) in [5, 5.41) is 21.7. The standard InChI is InChI=1S/C26H26F5N7O4S/c27-15-4-1-5-16(28)18(15)21-35-19(22(43-21)36-25(41)42)20(39)34-17-11-32-38(12-13-6-7-13)23(17)37-9-2-3-14(8-10-37)33-24(40)26(29,30)31/h1,4-5,11,13-14,36H,2-3,6-10,12H2,(H,33,40)(H,34,39)(H,41,42)/p-1. The second-order valence-corrected chi connectivity index (χ2v) is 11.3. The van der Waals surface area contributed by atoms with Crippen LogP contribution in [0.25, 0.3) is 10.6 Å². The Bertz CT molecular complexity index is 1520. The summed E-state index contributed by atoms with van der Waals surface area (Å²) in [6.07, 6.45) is -2.46. The van der Waals surface area contributed by atoms with E-state index in [4.69, 9.17) is 0 Å². The summed E-state index contributed by atoms with van der Waals surface area (Å²) in [6, 6.07) is 2.42. The van der Waals surface area contributed by atoms with Gasteiger partial charge in [-0.15, -0.1) is 0 Å². The predicted octanol–water partition coefficient (Wildman–Crippen LogP) is 3.74. The van der Waals surface area contributed by atoms with Gasteiger partial charge >= 0.3 is 12.1 Å². The highest BCUT2D eigenvalue weighted by atomic mass is 32.1. The zero-order chi connectivity index (χ0) is 30.9. The van der Waals surface area contributed by atoms with Crippen LogP contribution in [0.15, 0.2) is 24.4 Å². The molecule has 5 rings (SSSR count). The third-order valence-corrected chi connectivity index (χ3v) is 8.03. The Labute approximate surface area is 245 Å². The molecule has 3 amide bonds. The molecule has 3 N–H and O–H groups in total. The number of nitrogens with zero attached hydrogens (tertiary/aromatic N) is 4. The van der Waals surface area contributed by atoms with Gasteiger partial charge in [0.15, 0.2) is 11.5 Å². The first-order chi connectivity index (χ1) is 20.4. The Balaban J connectivity index is 1.41. The lowest BCUT2D eigenvalue weighted by Crippen LogP contribution is -2.43. The molecule has 1 saturated carbocycles. The number of hydrogen-bond acceptors (Lipinski definition) is 8. The molecule has 0 radical (unpaired) electrons. The fourth-order valence-corrected chi connectivity index (χ4v) is 5.84. The number of thiazole rings is 1. The van der Waals surface area contributed by atoms with Crippen molar-refractivity contribution in [2.75, 3.05) is 28.6 Å². The fraction of sp³-hybridized carbons (Fsp3) is 0.423. The second kappa shape index (κ2) is 12.1. The molecule has 1 aromatic carbocycles. The molecule has 2 aromatic heterocycles. The highest BCUT2D eigenvalue weighted by Gasteiger charge is 2.40. The van der Waals surface area contributed by atoms with E-state index in [2.05, 4.69) is 15.4 Å². The molecule has 0 bridgehead atoms. The highest BCUT2D eigenvalue weighted by Crippen LogP contribution is 2.38. The number of carbonyl (C=O) groups is 3. The van der Waals surface area contributed by atoms with Crippen LogP contribution in [0.4, 0.5) is 43.3 Å². The fourth-order valence-electron chi connectivity index (χ4n) is 4.84. The predicted molar refractivity (Wildman–Crippen MR) is 143 cm³/mol. The van der Waals surface area contributed by atoms with Crippen LogP contribution in [0.1, 0.15) is 42.6 Å². The van der Waals surface area contributed by atoms with Gasteiger partial charge in [0.25, 0.3) is 5.91 Å². The molecule has 230 valence electrons. The lowest BCUT2D eigenvalue weighted by Gasteiger charge is -2.25. The Morgan fingerprint density at radius 2 is 1.77 bits per heavy atom. The average molecular weight is 627 g/mol. The maximum absolute atomic E-state index is 14.4. The first-order valence-corrected chi connectivity index (χ1v) is 14.2. The van der Waals surface area contributed by atoms with Gasteiger partial charge in [-0.25, -0.2) is 18.4 Å². The summed E-state index contributed by atoms with van der Waals surface area (Å²) >= 11 is 0.542. The zero-order valence-corrected chi connectivity index (χ0v) is 23.2. The molecule has 3 heterocycles. The summed E-state index contributed by atoms with van der Waals surface area (Å²) in [6.45, 7) is 1.16. The number of carboxylic acid groups (broad SMARTS) is 1. The van der Waals surface area contributed by atoms with Crippen molar-refractivity contribution in [2.24, 2.45) is 5.92 Å². The Hall–Kier alpha value is -4.28. The number of rotatable bonds is 8. The van der Waals surface area contributed by atoms with E-state index in [9.17, 15) is 41.4 Å². The minimum atomic E-state index is -5.00. The Morgan fingerprint density at radius 3 is 2.42 bits per heavy atom. The topological polar surface area (TPSA) is 144 Å². The molecule has 1 atom stereocenters. The van der Waals surface area contributed by atoms with E-state index in [0.29, 0.717) is 49.0 Å². The number of carbonyl (C=O) groups excluding carboxylic acids is 3. The van der Waals surface area contributed by atoms with Crippen molar-refractivity contribution in [1.29, 1.82) is 0 Å². The Morgan fingerprint density at radius 1 is 1.05 bits per heavy atom. The number of nitrogens with one attached hydrogen (secondary N) is 3. The third kappa shape index (κ3) is 7.03. The molecule has 1 aliphatic carbocycles. The lowest BCUT2D eigenvalue weighted by molar-refractivity contribution is -0.242. The maximum Gasteiger partial charge on any atom is 0.471 e. The largest absolute Gasteiger partial charge is 0.530 e. The smallest absolute Gasteiger partial charge is 0.471 e. The van der Waals surface area contributed by atoms with Crippen LogP contribution in [0.2, 0.25) is 0 Å². The summed E-state index contributed by atoms with van der Waals surface area (Å²) in [5.41, 5.74) is -0.782. The molecule has 11 nitrogen and oxygen atoms in total. The highest BCUT2D eigenvalue weighted by molar-refractivity contribution is 7.19. The zero-order valence-electron chi connectivity index (χ0n) is 22.3. The molecule has 1 saturated heterocycles. The molecule has 1 unspecified atom stereocenters. The van der Waals surface area contributed by atoms with E-state index in [1.807, 2.05) is 15.5 Å². The van der Waals surface area contributed by atoms with Gasteiger partial charge in [-0.3, -0.25) is 9.59 Å². The number of alkyl halides is 3. The van der Waals surface area contributed by atoms with Gasteiger partial charge in [0.1, 0.15) is 33.4 Å².